The molecule has 0 radical (unpaired) electrons. The van der Waals surface area contributed by atoms with Gasteiger partial charge in [-0.25, -0.2) is 0 Å². The molecule has 1 aliphatic rings. The number of hydrogen-bond acceptors (Lipinski definition) is 5. The van der Waals surface area contributed by atoms with Crippen LogP contribution < -0.4 is 5.32 Å². The molecule has 2 heterocycles. The van der Waals surface area contributed by atoms with E-state index in [2.05, 4.69) is 10.4 Å². The van der Waals surface area contributed by atoms with Crippen LogP contribution in [-0.2, 0) is 17.9 Å². The van der Waals surface area contributed by atoms with Crippen LogP contribution in [0.4, 0.5) is 5.69 Å². The molecule has 1 N–H and O–H groups in total. The lowest BCUT2D eigenvalue weighted by Gasteiger charge is -2.12. The van der Waals surface area contributed by atoms with Gasteiger partial charge in [0.2, 0.25) is 0 Å². The maximum Gasteiger partial charge on any atom is 0.276 e. The van der Waals surface area contributed by atoms with E-state index in [4.69, 9.17) is 12.2 Å². The number of carbonyl (C=O) groups excluding carboxylic acids is 1. The third-order valence-corrected chi connectivity index (χ3v) is 4.05. The van der Waals surface area contributed by atoms with Gasteiger partial charge in [0, 0.05) is 30.4 Å². The van der Waals surface area contributed by atoms with Crippen molar-refractivity contribution in [2.45, 2.75) is 20.0 Å². The number of non-ortho nitro benzene ring substituents is 1. The van der Waals surface area contributed by atoms with E-state index in [1.165, 1.54) is 17.0 Å². The molecule has 2 aromatic rings. The van der Waals surface area contributed by atoms with Gasteiger partial charge < -0.3 is 5.32 Å². The Morgan fingerprint density at radius 1 is 1.36 bits per heavy atom. The minimum atomic E-state index is -0.469. The summed E-state index contributed by atoms with van der Waals surface area (Å²) in [6.45, 7) is 3.07. The van der Waals surface area contributed by atoms with E-state index in [0.717, 1.165) is 12.1 Å². The maximum absolute atomic E-state index is 12.5. The lowest BCUT2D eigenvalue weighted by molar-refractivity contribution is -0.384. The summed E-state index contributed by atoms with van der Waals surface area (Å²) in [5.74, 6) is -0.243. The van der Waals surface area contributed by atoms with Crippen LogP contribution in [-0.4, -0.2) is 30.6 Å². The van der Waals surface area contributed by atoms with Crippen LogP contribution in [0.1, 0.15) is 18.1 Å². The van der Waals surface area contributed by atoms with Crippen LogP contribution in [0.15, 0.2) is 42.4 Å². The molecule has 128 valence electrons. The van der Waals surface area contributed by atoms with Gasteiger partial charge in [-0.3, -0.25) is 24.5 Å². The number of rotatable bonds is 5. The summed E-state index contributed by atoms with van der Waals surface area (Å²) in [6.07, 6.45) is 5.19. The van der Waals surface area contributed by atoms with E-state index in [9.17, 15) is 14.9 Å². The number of thiocarbonyl (C=S) groups is 1. The molecule has 0 atom stereocenters. The minimum absolute atomic E-state index is 0.00191. The number of aryl methyl sites for hydroxylation is 1. The molecular weight excluding hydrogens is 342 g/mol. The largest absolute Gasteiger partial charge is 0.328 e. The highest BCUT2D eigenvalue weighted by Gasteiger charge is 2.30. The van der Waals surface area contributed by atoms with Crippen molar-refractivity contribution in [2.75, 3.05) is 0 Å². The molecule has 0 aliphatic carbocycles. The van der Waals surface area contributed by atoms with Crippen molar-refractivity contribution in [2.24, 2.45) is 0 Å². The molecule has 1 aromatic carbocycles. The number of carbonyl (C=O) groups is 1. The number of nitro groups is 1. The Balaban J connectivity index is 1.76. The topological polar surface area (TPSA) is 93.3 Å². The summed E-state index contributed by atoms with van der Waals surface area (Å²) in [5.41, 5.74) is 1.89. The van der Waals surface area contributed by atoms with E-state index < -0.39 is 4.92 Å². The van der Waals surface area contributed by atoms with Gasteiger partial charge in [-0.05, 0) is 42.9 Å². The van der Waals surface area contributed by atoms with Crippen molar-refractivity contribution in [3.05, 3.63) is 63.6 Å². The number of nitro benzene ring substituents is 1. The first kappa shape index (κ1) is 16.8. The van der Waals surface area contributed by atoms with E-state index in [-0.39, 0.29) is 11.6 Å². The summed E-state index contributed by atoms with van der Waals surface area (Å²) < 4.78 is 1.78. The molecule has 0 bridgehead atoms. The lowest BCUT2D eigenvalue weighted by Crippen LogP contribution is -2.29. The first-order valence-corrected chi connectivity index (χ1v) is 7.99. The SMILES string of the molecule is CCn1cc(CN2C(=O)/C(=C\c3ccc([N+](=O)[O-])cc3)NC2=S)cn1. The fourth-order valence-electron chi connectivity index (χ4n) is 2.42. The Labute approximate surface area is 148 Å². The Morgan fingerprint density at radius 2 is 2.08 bits per heavy atom. The van der Waals surface area contributed by atoms with Crippen LogP contribution in [0.25, 0.3) is 6.08 Å². The zero-order valence-electron chi connectivity index (χ0n) is 13.4. The second-order valence-corrected chi connectivity index (χ2v) is 5.82. The summed E-state index contributed by atoms with van der Waals surface area (Å²) in [5, 5.41) is 18.1. The van der Waals surface area contributed by atoms with Crippen LogP contribution in [0.3, 0.4) is 0 Å². The fraction of sp³-hybridized carbons (Fsp3) is 0.188. The molecule has 1 amide bonds. The van der Waals surface area contributed by atoms with E-state index >= 15 is 0 Å². The molecule has 0 saturated carbocycles. The first-order chi connectivity index (χ1) is 12.0. The zero-order valence-corrected chi connectivity index (χ0v) is 14.2. The van der Waals surface area contributed by atoms with Crippen LogP contribution >= 0.6 is 12.2 Å². The minimum Gasteiger partial charge on any atom is -0.328 e. The molecule has 0 unspecified atom stereocenters. The molecule has 9 heteroatoms. The van der Waals surface area contributed by atoms with Gasteiger partial charge in [-0.15, -0.1) is 0 Å². The molecule has 8 nitrogen and oxygen atoms in total. The van der Waals surface area contributed by atoms with Gasteiger partial charge >= 0.3 is 0 Å². The Bertz CT molecular complexity index is 872. The third kappa shape index (κ3) is 3.56. The van der Waals surface area contributed by atoms with Gasteiger partial charge in [0.1, 0.15) is 5.70 Å². The number of nitrogens with zero attached hydrogens (tertiary/aromatic N) is 4. The highest BCUT2D eigenvalue weighted by atomic mass is 32.1. The van der Waals surface area contributed by atoms with Crippen LogP contribution in [0.5, 0.6) is 0 Å². The number of aromatic nitrogens is 2. The quantitative estimate of drug-likeness (QED) is 0.381. The van der Waals surface area contributed by atoms with E-state index in [1.54, 1.807) is 29.1 Å². The summed E-state index contributed by atoms with van der Waals surface area (Å²) in [7, 11) is 0. The Hall–Kier alpha value is -3.07. The number of nitrogens with one attached hydrogen (secondary N) is 1. The highest BCUT2D eigenvalue weighted by Crippen LogP contribution is 2.18. The maximum atomic E-state index is 12.5. The molecule has 1 saturated heterocycles. The standard InChI is InChI=1S/C16H15N5O3S/c1-2-19-9-12(8-17-19)10-20-15(22)14(18-16(20)25)7-11-3-5-13(6-4-11)21(23)24/h3-9H,2,10H2,1H3,(H,18,25)/b14-7+. The third-order valence-electron chi connectivity index (χ3n) is 3.73. The van der Waals surface area contributed by atoms with E-state index in [1.807, 2.05) is 13.1 Å². The highest BCUT2D eigenvalue weighted by molar-refractivity contribution is 7.80. The van der Waals surface area contributed by atoms with Crippen molar-refractivity contribution in [3.8, 4) is 0 Å². The molecule has 1 fully saturated rings. The number of hydrogen-bond donors (Lipinski definition) is 1. The van der Waals surface area contributed by atoms with Gasteiger partial charge in [-0.2, -0.15) is 5.10 Å². The number of benzene rings is 1. The van der Waals surface area contributed by atoms with Crippen molar-refractivity contribution >= 4 is 35.0 Å². The van der Waals surface area contributed by atoms with Gasteiger partial charge in [0.25, 0.3) is 11.6 Å². The van der Waals surface area contributed by atoms with Crippen molar-refractivity contribution < 1.29 is 9.72 Å². The molecule has 0 spiro atoms. The average molecular weight is 357 g/mol. The predicted octanol–water partition coefficient (Wildman–Crippen LogP) is 2.07. The first-order valence-electron chi connectivity index (χ1n) is 7.58. The summed E-state index contributed by atoms with van der Waals surface area (Å²) >= 11 is 5.24. The second kappa shape index (κ2) is 6.81. The Morgan fingerprint density at radius 3 is 2.68 bits per heavy atom. The molecular formula is C16H15N5O3S. The summed E-state index contributed by atoms with van der Waals surface area (Å²) in [6, 6.07) is 5.94. The lowest BCUT2D eigenvalue weighted by atomic mass is 10.1. The van der Waals surface area contributed by atoms with Crippen LogP contribution in [0, 0.1) is 10.1 Å². The number of amides is 1. The average Bonchev–Trinajstić information content (AvgIpc) is 3.16. The summed E-state index contributed by atoms with van der Waals surface area (Å²) in [4.78, 5) is 24.2. The van der Waals surface area contributed by atoms with Gasteiger partial charge in [-0.1, -0.05) is 0 Å². The second-order valence-electron chi connectivity index (χ2n) is 5.43. The smallest absolute Gasteiger partial charge is 0.276 e. The van der Waals surface area contributed by atoms with E-state index in [0.29, 0.717) is 22.9 Å². The van der Waals surface area contributed by atoms with Gasteiger partial charge in [0.05, 0.1) is 17.7 Å². The zero-order chi connectivity index (χ0) is 18.0. The molecule has 1 aliphatic heterocycles. The normalized spacial score (nSPS) is 15.7. The monoisotopic (exact) mass is 357 g/mol. The molecule has 1 aromatic heterocycles. The van der Waals surface area contributed by atoms with Crippen LogP contribution in [0.2, 0.25) is 0 Å². The van der Waals surface area contributed by atoms with Crippen molar-refractivity contribution in [1.29, 1.82) is 0 Å². The molecule has 3 rings (SSSR count). The molecule has 25 heavy (non-hydrogen) atoms. The predicted molar refractivity (Wildman–Crippen MR) is 95.3 cm³/mol. The Kier molecular flexibility index (Phi) is 4.57. The van der Waals surface area contributed by atoms with Crippen molar-refractivity contribution in [1.82, 2.24) is 20.0 Å². The fourth-order valence-corrected chi connectivity index (χ4v) is 2.68. The van der Waals surface area contributed by atoms with Gasteiger partial charge in [0.15, 0.2) is 5.11 Å². The van der Waals surface area contributed by atoms with Crippen molar-refractivity contribution in [3.63, 3.8) is 0 Å².